The number of carboxylic acid groups (broad SMARTS) is 1. The number of aromatic nitrogens is 1. The van der Waals surface area contributed by atoms with Gasteiger partial charge in [-0.3, -0.25) is 4.79 Å². The number of benzene rings is 2. The number of carboxylic acids is 1. The van der Waals surface area contributed by atoms with Crippen LogP contribution in [0.4, 0.5) is 0 Å². The van der Waals surface area contributed by atoms with Crippen LogP contribution < -0.4 is 4.74 Å². The van der Waals surface area contributed by atoms with Crippen LogP contribution in [0.1, 0.15) is 24.1 Å². The summed E-state index contributed by atoms with van der Waals surface area (Å²) < 4.78 is 6.55. The van der Waals surface area contributed by atoms with Gasteiger partial charge in [-0.15, -0.1) is 0 Å². The fourth-order valence-electron chi connectivity index (χ4n) is 2.37. The third-order valence-corrected chi connectivity index (χ3v) is 4.12. The van der Waals surface area contributed by atoms with Crippen molar-refractivity contribution in [2.75, 3.05) is 6.61 Å². The van der Waals surface area contributed by atoms with E-state index in [1.165, 1.54) is 0 Å². The molecule has 0 spiro atoms. The van der Waals surface area contributed by atoms with Crippen LogP contribution in [0.2, 0.25) is 0 Å². The molecular formula is C21H17BrNNaO3. The molecule has 4 nitrogen and oxygen atoms in total. The monoisotopic (exact) mass is 433 g/mol. The molecule has 0 unspecified atom stereocenters. The molecule has 6 heteroatoms. The number of hydrogen-bond donors (Lipinski definition) is 1. The van der Waals surface area contributed by atoms with E-state index < -0.39 is 5.97 Å². The van der Waals surface area contributed by atoms with E-state index in [1.54, 1.807) is 0 Å². The summed E-state index contributed by atoms with van der Waals surface area (Å²) in [7, 11) is 0. The molecule has 0 saturated heterocycles. The third kappa shape index (κ3) is 6.67. The van der Waals surface area contributed by atoms with Gasteiger partial charge in [-0.05, 0) is 48.7 Å². The topological polar surface area (TPSA) is 59.4 Å². The van der Waals surface area contributed by atoms with Gasteiger partial charge in [-0.2, -0.15) is 0 Å². The predicted octanol–water partition coefficient (Wildman–Crippen LogP) is 3.99. The van der Waals surface area contributed by atoms with Gasteiger partial charge in [0.2, 0.25) is 0 Å². The first-order chi connectivity index (χ1) is 12.6. The van der Waals surface area contributed by atoms with Crippen LogP contribution in [0.25, 0.3) is 10.9 Å². The van der Waals surface area contributed by atoms with E-state index in [0.717, 1.165) is 20.9 Å². The molecule has 0 fully saturated rings. The third-order valence-electron chi connectivity index (χ3n) is 3.63. The Bertz CT molecular complexity index is 1010. The Balaban J connectivity index is 0.00000261. The number of ether oxygens (including phenoxy) is 1. The van der Waals surface area contributed by atoms with Gasteiger partial charge in [0.1, 0.15) is 11.4 Å². The number of halogens is 1. The van der Waals surface area contributed by atoms with E-state index in [9.17, 15) is 4.79 Å². The predicted molar refractivity (Wildman–Crippen MR) is 111 cm³/mol. The second-order valence-corrected chi connectivity index (χ2v) is 6.57. The van der Waals surface area contributed by atoms with Crippen molar-refractivity contribution in [3.05, 3.63) is 70.3 Å². The standard InChI is InChI=1S/C21H16BrNO3.Na.H/c22-17-9-7-16-8-11-18(23-20(16)14-17)10-6-15-3-1-4-19(13-15)26-12-2-5-21(24)25;;/h1,3-4,7-9,11,13-14H,2,5,12H2,(H,24,25);;. The summed E-state index contributed by atoms with van der Waals surface area (Å²) in [5.74, 6) is 6.03. The molecule has 1 aromatic heterocycles. The zero-order chi connectivity index (χ0) is 18.4. The normalized spacial score (nSPS) is 9.81. The van der Waals surface area contributed by atoms with E-state index in [-0.39, 0.29) is 36.0 Å². The molecule has 1 N–H and O–H groups in total. The van der Waals surface area contributed by atoms with Crippen LogP contribution in [0.15, 0.2) is 59.1 Å². The van der Waals surface area contributed by atoms with Crippen molar-refractivity contribution in [3.63, 3.8) is 0 Å². The van der Waals surface area contributed by atoms with Crippen LogP contribution in [-0.4, -0.2) is 52.2 Å². The van der Waals surface area contributed by atoms with E-state index in [2.05, 4.69) is 32.8 Å². The van der Waals surface area contributed by atoms with Crippen LogP contribution in [0.5, 0.6) is 5.75 Å². The summed E-state index contributed by atoms with van der Waals surface area (Å²) >= 11 is 3.45. The quantitative estimate of drug-likeness (QED) is 0.375. The fraction of sp³-hybridized carbons (Fsp3) is 0.143. The second-order valence-electron chi connectivity index (χ2n) is 5.66. The number of hydrogen-bond acceptors (Lipinski definition) is 3. The van der Waals surface area contributed by atoms with E-state index in [4.69, 9.17) is 9.84 Å². The van der Waals surface area contributed by atoms with Gasteiger partial charge in [-0.25, -0.2) is 4.98 Å². The Kier molecular flexibility index (Phi) is 8.33. The zero-order valence-electron chi connectivity index (χ0n) is 13.9. The zero-order valence-corrected chi connectivity index (χ0v) is 15.5. The molecule has 27 heavy (non-hydrogen) atoms. The van der Waals surface area contributed by atoms with Gasteiger partial charge in [0, 0.05) is 21.8 Å². The van der Waals surface area contributed by atoms with Crippen LogP contribution >= 0.6 is 15.9 Å². The maximum absolute atomic E-state index is 10.5. The maximum atomic E-state index is 10.5. The van der Waals surface area contributed by atoms with Crippen molar-refractivity contribution in [1.29, 1.82) is 0 Å². The molecule has 1 heterocycles. The first-order valence-corrected chi connectivity index (χ1v) is 8.92. The minimum absolute atomic E-state index is 0. The van der Waals surface area contributed by atoms with Crippen LogP contribution in [0, 0.1) is 11.8 Å². The Labute approximate surface area is 188 Å². The number of nitrogens with zero attached hydrogens (tertiary/aromatic N) is 1. The average molecular weight is 434 g/mol. The van der Waals surface area contributed by atoms with Gasteiger partial charge in [0.15, 0.2) is 0 Å². The summed E-state index contributed by atoms with van der Waals surface area (Å²) in [6.07, 6.45) is 0.574. The second kappa shape index (κ2) is 10.5. The molecule has 0 aliphatic carbocycles. The number of carbonyl (C=O) groups is 1. The minimum atomic E-state index is -0.817. The molecule has 3 rings (SSSR count). The van der Waals surface area contributed by atoms with Crippen LogP contribution in [0.3, 0.4) is 0 Å². The SMILES string of the molecule is O=C(O)CCCOc1cccc(C#Cc2ccc3ccc(Br)cc3n2)c1.[NaH]. The number of pyridine rings is 1. The molecule has 0 aliphatic rings. The van der Waals surface area contributed by atoms with Gasteiger partial charge >= 0.3 is 35.5 Å². The van der Waals surface area contributed by atoms with Gasteiger partial charge in [-0.1, -0.05) is 40.0 Å². The first-order valence-electron chi connectivity index (χ1n) is 8.13. The Morgan fingerprint density at radius 1 is 1.11 bits per heavy atom. The molecule has 0 atom stereocenters. The Hall–Kier alpha value is -1.84. The average Bonchev–Trinajstić information content (AvgIpc) is 2.63. The Morgan fingerprint density at radius 2 is 1.93 bits per heavy atom. The summed E-state index contributed by atoms with van der Waals surface area (Å²) in [5.41, 5.74) is 2.40. The molecule has 0 saturated carbocycles. The van der Waals surface area contributed by atoms with Crippen molar-refractivity contribution in [2.24, 2.45) is 0 Å². The Morgan fingerprint density at radius 3 is 2.74 bits per heavy atom. The first kappa shape index (κ1) is 21.5. The van der Waals surface area contributed by atoms with Crippen molar-refractivity contribution in [1.82, 2.24) is 4.98 Å². The van der Waals surface area contributed by atoms with Gasteiger partial charge < -0.3 is 9.84 Å². The van der Waals surface area contributed by atoms with Crippen molar-refractivity contribution in [3.8, 4) is 17.6 Å². The van der Waals surface area contributed by atoms with E-state index in [1.807, 2.05) is 54.6 Å². The summed E-state index contributed by atoms with van der Waals surface area (Å²) in [4.78, 5) is 15.1. The van der Waals surface area contributed by atoms with Crippen molar-refractivity contribution in [2.45, 2.75) is 12.8 Å². The summed E-state index contributed by atoms with van der Waals surface area (Å²) in [6, 6.07) is 17.3. The van der Waals surface area contributed by atoms with E-state index >= 15 is 0 Å². The van der Waals surface area contributed by atoms with Gasteiger partial charge in [0.25, 0.3) is 0 Å². The summed E-state index contributed by atoms with van der Waals surface area (Å²) in [5, 5.41) is 9.70. The van der Waals surface area contributed by atoms with Crippen LogP contribution in [-0.2, 0) is 4.79 Å². The van der Waals surface area contributed by atoms with Crippen molar-refractivity contribution < 1.29 is 14.6 Å². The molecular weight excluding hydrogens is 417 g/mol. The molecule has 0 bridgehead atoms. The van der Waals surface area contributed by atoms with Crippen molar-refractivity contribution >= 4 is 62.4 Å². The molecule has 0 radical (unpaired) electrons. The number of aliphatic carboxylic acids is 1. The van der Waals surface area contributed by atoms with Gasteiger partial charge in [0.05, 0.1) is 12.1 Å². The molecule has 0 aliphatic heterocycles. The summed E-state index contributed by atoms with van der Waals surface area (Å²) in [6.45, 7) is 0.365. The molecule has 132 valence electrons. The number of fused-ring (bicyclic) bond motifs is 1. The fourth-order valence-corrected chi connectivity index (χ4v) is 2.72. The van der Waals surface area contributed by atoms with E-state index in [0.29, 0.717) is 24.5 Å². The number of rotatable bonds is 5. The molecule has 2 aromatic carbocycles. The molecule has 0 amide bonds. The molecule has 3 aromatic rings.